The Bertz CT molecular complexity index is 627. The second kappa shape index (κ2) is 5.98. The smallest absolute Gasteiger partial charge is 0.316 e. The van der Waals surface area contributed by atoms with Crippen LogP contribution < -0.4 is 0 Å². The molecule has 0 radical (unpaired) electrons. The van der Waals surface area contributed by atoms with E-state index in [-0.39, 0.29) is 17.8 Å². The maximum Gasteiger partial charge on any atom is 0.316 e. The minimum atomic E-state index is -1.78. The van der Waals surface area contributed by atoms with E-state index >= 15 is 0 Å². The Kier molecular flexibility index (Phi) is 4.15. The number of hydrogen-bond donors (Lipinski definition) is 0. The summed E-state index contributed by atoms with van der Waals surface area (Å²) in [6.45, 7) is 9.70. The molecule has 4 aliphatic rings. The summed E-state index contributed by atoms with van der Waals surface area (Å²) in [4.78, 5) is 12.5. The molecule has 2 saturated heterocycles. The van der Waals surface area contributed by atoms with Crippen molar-refractivity contribution in [1.29, 1.82) is 0 Å². The van der Waals surface area contributed by atoms with Crippen molar-refractivity contribution >= 4 is 14.3 Å². The van der Waals surface area contributed by atoms with Crippen LogP contribution in [-0.4, -0.2) is 26.7 Å². The Morgan fingerprint density at radius 2 is 2.00 bits per heavy atom. The zero-order valence-corrected chi connectivity index (χ0v) is 16.8. The predicted molar refractivity (Wildman–Crippen MR) is 98.1 cm³/mol. The van der Waals surface area contributed by atoms with Crippen molar-refractivity contribution in [2.75, 3.05) is 6.61 Å². The van der Waals surface area contributed by atoms with Crippen LogP contribution in [0.2, 0.25) is 18.1 Å². The molecule has 0 amide bonds. The van der Waals surface area contributed by atoms with Crippen LogP contribution in [0, 0.1) is 23.7 Å². The van der Waals surface area contributed by atoms with E-state index in [1.54, 1.807) is 0 Å². The lowest BCUT2D eigenvalue weighted by Gasteiger charge is -2.50. The fourth-order valence-corrected chi connectivity index (χ4v) is 8.04. The first-order valence-electron chi connectivity index (χ1n) is 9.98. The minimum Gasteiger partial charge on any atom is -0.546 e. The number of esters is 1. The van der Waals surface area contributed by atoms with Gasteiger partial charge in [0.05, 0.1) is 24.2 Å². The van der Waals surface area contributed by atoms with Gasteiger partial charge in [0.1, 0.15) is 0 Å². The van der Waals surface area contributed by atoms with Gasteiger partial charge in [0, 0.05) is 5.57 Å². The number of rotatable bonds is 5. The van der Waals surface area contributed by atoms with Crippen LogP contribution in [0.1, 0.15) is 40.5 Å². The lowest BCUT2D eigenvalue weighted by Crippen LogP contribution is -2.55. The Hall–Kier alpha value is -1.07. The van der Waals surface area contributed by atoms with Gasteiger partial charge in [-0.15, -0.1) is 0 Å². The summed E-state index contributed by atoms with van der Waals surface area (Å²) < 4.78 is 19.0. The highest BCUT2D eigenvalue weighted by molar-refractivity contribution is 6.73. The van der Waals surface area contributed by atoms with Crippen molar-refractivity contribution in [3.63, 3.8) is 0 Å². The Balaban J connectivity index is 1.80. The zero-order valence-electron chi connectivity index (χ0n) is 15.8. The molecule has 2 aliphatic heterocycles. The maximum atomic E-state index is 12.5. The quantitative estimate of drug-likeness (QED) is 0.413. The maximum absolute atomic E-state index is 12.5. The van der Waals surface area contributed by atoms with E-state index < -0.39 is 14.1 Å². The molecule has 138 valence electrons. The summed E-state index contributed by atoms with van der Waals surface area (Å²) in [5.41, 5.74) is 1.07. The van der Waals surface area contributed by atoms with Crippen LogP contribution in [-0.2, 0) is 18.7 Å². The molecule has 0 saturated carbocycles. The lowest BCUT2D eigenvalue weighted by molar-refractivity contribution is -0.252. The molecule has 2 fully saturated rings. The molecule has 0 aromatic rings. The Morgan fingerprint density at radius 3 is 2.68 bits per heavy atom. The van der Waals surface area contributed by atoms with Crippen LogP contribution in [0.4, 0.5) is 0 Å². The molecule has 5 atom stereocenters. The van der Waals surface area contributed by atoms with E-state index in [9.17, 15) is 4.79 Å². The number of allylic oxidation sites excluding steroid dienone is 2. The van der Waals surface area contributed by atoms with Gasteiger partial charge in [-0.25, -0.2) is 0 Å². The van der Waals surface area contributed by atoms with E-state index in [0.29, 0.717) is 24.9 Å². The van der Waals surface area contributed by atoms with Crippen molar-refractivity contribution in [3.8, 4) is 0 Å². The van der Waals surface area contributed by atoms with Gasteiger partial charge < -0.3 is 13.9 Å². The lowest BCUT2D eigenvalue weighted by atomic mass is 9.66. The van der Waals surface area contributed by atoms with Gasteiger partial charge in [-0.2, -0.15) is 0 Å². The SMILES string of the molecule is CC[Si](CC)(CC)OC1=CCC2C(=O)OC34OCCC(C(C)C=C23)C14. The Labute approximate surface area is 151 Å². The highest BCUT2D eigenvalue weighted by atomic mass is 28.4. The van der Waals surface area contributed by atoms with Crippen LogP contribution in [0.3, 0.4) is 0 Å². The molecule has 25 heavy (non-hydrogen) atoms. The fourth-order valence-electron chi connectivity index (χ4n) is 5.40. The van der Waals surface area contributed by atoms with E-state index in [1.165, 1.54) is 0 Å². The molecule has 2 aliphatic carbocycles. The first-order chi connectivity index (χ1) is 12.0. The summed E-state index contributed by atoms with van der Waals surface area (Å²) in [5.74, 6) is 0.760. The fraction of sp³-hybridized carbons (Fsp3) is 0.750. The topological polar surface area (TPSA) is 44.8 Å². The molecule has 5 heteroatoms. The van der Waals surface area contributed by atoms with Gasteiger partial charge >= 0.3 is 5.97 Å². The molecular weight excluding hydrogens is 332 g/mol. The normalized spacial score (nSPS) is 39.3. The van der Waals surface area contributed by atoms with Crippen molar-refractivity contribution in [2.24, 2.45) is 23.7 Å². The third kappa shape index (κ3) is 2.31. The number of hydrogen-bond acceptors (Lipinski definition) is 4. The second-order valence-electron chi connectivity index (χ2n) is 8.09. The van der Waals surface area contributed by atoms with Crippen molar-refractivity contribution < 1.29 is 18.7 Å². The van der Waals surface area contributed by atoms with E-state index in [0.717, 1.165) is 35.9 Å². The van der Waals surface area contributed by atoms with Gasteiger partial charge in [0.2, 0.25) is 14.1 Å². The third-order valence-corrected chi connectivity index (χ3v) is 11.7. The van der Waals surface area contributed by atoms with E-state index in [1.807, 2.05) is 0 Å². The zero-order chi connectivity index (χ0) is 17.8. The average molecular weight is 363 g/mol. The van der Waals surface area contributed by atoms with Crippen molar-refractivity contribution in [1.82, 2.24) is 0 Å². The predicted octanol–water partition coefficient (Wildman–Crippen LogP) is 4.39. The summed E-state index contributed by atoms with van der Waals surface area (Å²) in [6.07, 6.45) is 6.15. The summed E-state index contributed by atoms with van der Waals surface area (Å²) in [7, 11) is -1.78. The molecule has 5 bridgehead atoms. The van der Waals surface area contributed by atoms with E-state index in [2.05, 4.69) is 39.8 Å². The first kappa shape index (κ1) is 17.3. The van der Waals surface area contributed by atoms with Crippen LogP contribution >= 0.6 is 0 Å². The monoisotopic (exact) mass is 362 g/mol. The first-order valence-corrected chi connectivity index (χ1v) is 12.5. The van der Waals surface area contributed by atoms with Crippen molar-refractivity contribution in [3.05, 3.63) is 23.5 Å². The standard InChI is InChI=1S/C20H30O4Si/c1-5-25(6-2,7-3)24-17-9-8-15-16-12-13(4)14-10-11-22-20(16,18(14)17)23-19(15)21/h9,12-15,18H,5-8,10-11H2,1-4H3. The average Bonchev–Trinajstić information content (AvgIpc) is 2.81. The van der Waals surface area contributed by atoms with Crippen LogP contribution in [0.5, 0.6) is 0 Å². The minimum absolute atomic E-state index is 0.0317. The second-order valence-corrected chi connectivity index (χ2v) is 12.8. The van der Waals surface area contributed by atoms with Crippen LogP contribution in [0.15, 0.2) is 23.5 Å². The van der Waals surface area contributed by atoms with E-state index in [4.69, 9.17) is 13.9 Å². The van der Waals surface area contributed by atoms with Crippen LogP contribution in [0.25, 0.3) is 0 Å². The van der Waals surface area contributed by atoms with Gasteiger partial charge in [-0.05, 0) is 48.9 Å². The highest BCUT2D eigenvalue weighted by Crippen LogP contribution is 2.59. The molecule has 0 aromatic carbocycles. The highest BCUT2D eigenvalue weighted by Gasteiger charge is 2.66. The Morgan fingerprint density at radius 1 is 1.28 bits per heavy atom. The molecular formula is C20H30O4Si. The molecule has 0 aromatic heterocycles. The number of carbonyl (C=O) groups is 1. The molecule has 4 nitrogen and oxygen atoms in total. The van der Waals surface area contributed by atoms with Gasteiger partial charge in [0.15, 0.2) is 0 Å². The molecule has 2 heterocycles. The number of ether oxygens (including phenoxy) is 2. The molecule has 0 N–H and O–H groups in total. The van der Waals surface area contributed by atoms with Gasteiger partial charge in [-0.1, -0.05) is 33.8 Å². The molecule has 4 rings (SSSR count). The van der Waals surface area contributed by atoms with Gasteiger partial charge in [0.25, 0.3) is 0 Å². The molecule has 5 unspecified atom stereocenters. The van der Waals surface area contributed by atoms with Crippen molar-refractivity contribution in [2.45, 2.75) is 64.5 Å². The summed E-state index contributed by atoms with van der Waals surface area (Å²) in [5, 5.41) is 0. The van der Waals surface area contributed by atoms with Gasteiger partial charge in [-0.3, -0.25) is 4.79 Å². The summed E-state index contributed by atoms with van der Waals surface area (Å²) in [6, 6.07) is 3.35. The molecule has 1 spiro atoms. The largest absolute Gasteiger partial charge is 0.546 e. The summed E-state index contributed by atoms with van der Waals surface area (Å²) >= 11 is 0. The number of carbonyl (C=O) groups excluding carboxylic acids is 1. The third-order valence-electron chi connectivity index (χ3n) is 7.17.